The van der Waals surface area contributed by atoms with Gasteiger partial charge in [0.1, 0.15) is 29.5 Å². The van der Waals surface area contributed by atoms with Crippen LogP contribution in [0.2, 0.25) is 0 Å². The van der Waals surface area contributed by atoms with Crippen LogP contribution in [0.15, 0.2) is 30.6 Å². The lowest BCUT2D eigenvalue weighted by Gasteiger charge is -2.34. The normalized spacial score (nSPS) is 19.9. The number of hydroxylamine groups is 2. The Morgan fingerprint density at radius 1 is 1.03 bits per heavy atom. The van der Waals surface area contributed by atoms with Gasteiger partial charge in [-0.15, -0.1) is 0 Å². The second kappa shape index (κ2) is 8.31. The summed E-state index contributed by atoms with van der Waals surface area (Å²) in [5, 5.41) is 1.27. The minimum Gasteiger partial charge on any atom is -0.364 e. The molecule has 30 heavy (non-hydrogen) atoms. The largest absolute Gasteiger partial charge is 0.364 e. The van der Waals surface area contributed by atoms with Gasteiger partial charge in [-0.1, -0.05) is 0 Å². The van der Waals surface area contributed by atoms with Crippen LogP contribution in [-0.4, -0.2) is 46.5 Å². The average Bonchev–Trinajstić information content (AvgIpc) is 3.23. The molecule has 1 unspecified atom stereocenters. The van der Waals surface area contributed by atoms with Crippen LogP contribution in [0, 0.1) is 17.6 Å². The Labute approximate surface area is 171 Å². The number of benzene rings is 1. The highest BCUT2D eigenvalue weighted by molar-refractivity contribution is 5.91. The molecule has 1 atom stereocenters. The van der Waals surface area contributed by atoms with E-state index in [-0.39, 0.29) is 17.5 Å². The van der Waals surface area contributed by atoms with E-state index in [1.807, 2.05) is 4.90 Å². The van der Waals surface area contributed by atoms with Crippen LogP contribution in [0.1, 0.15) is 41.4 Å². The maximum absolute atomic E-state index is 13.6. The second-order valence-corrected chi connectivity index (χ2v) is 7.39. The second-order valence-electron chi connectivity index (χ2n) is 7.39. The number of nitrogens with two attached hydrogens (primary N) is 1. The fourth-order valence-corrected chi connectivity index (χ4v) is 3.95. The van der Waals surface area contributed by atoms with Gasteiger partial charge in [-0.3, -0.25) is 14.4 Å². The summed E-state index contributed by atoms with van der Waals surface area (Å²) in [6.07, 6.45) is 2.87. The lowest BCUT2D eigenvalue weighted by molar-refractivity contribution is -0.182. The zero-order valence-corrected chi connectivity index (χ0v) is 16.1. The number of halogens is 2. The molecule has 0 aliphatic carbocycles. The zero-order chi connectivity index (χ0) is 21.3. The van der Waals surface area contributed by atoms with Gasteiger partial charge in [0.05, 0.1) is 12.6 Å². The molecule has 1 aromatic carbocycles. The van der Waals surface area contributed by atoms with Crippen molar-refractivity contribution < 1.29 is 23.2 Å². The number of piperidine rings is 1. The van der Waals surface area contributed by atoms with Crippen LogP contribution in [0.4, 0.5) is 14.6 Å². The van der Waals surface area contributed by atoms with Gasteiger partial charge >= 0.3 is 0 Å². The van der Waals surface area contributed by atoms with Crippen molar-refractivity contribution in [3.8, 4) is 0 Å². The molecule has 2 saturated heterocycles. The Balaban J connectivity index is 1.42. The Morgan fingerprint density at radius 3 is 2.40 bits per heavy atom. The number of nitrogens with zero attached hydrogens (tertiary/aromatic N) is 4. The lowest BCUT2D eigenvalue weighted by atomic mass is 9.94. The smallest absolute Gasteiger partial charge is 0.267 e. The number of aromatic nitrogens is 2. The molecule has 0 spiro atoms. The molecule has 3 heterocycles. The fraction of sp³-hybridized carbons (Fsp3) is 0.400. The summed E-state index contributed by atoms with van der Waals surface area (Å²) in [5.74, 6) is -1.89. The molecule has 2 aliphatic heterocycles. The summed E-state index contributed by atoms with van der Waals surface area (Å²) in [7, 11) is 0. The van der Waals surface area contributed by atoms with E-state index in [0.717, 1.165) is 6.07 Å². The third-order valence-electron chi connectivity index (χ3n) is 5.46. The van der Waals surface area contributed by atoms with Crippen molar-refractivity contribution in [2.75, 3.05) is 24.6 Å². The van der Waals surface area contributed by atoms with Crippen LogP contribution in [0.25, 0.3) is 0 Å². The van der Waals surface area contributed by atoms with E-state index in [2.05, 4.69) is 9.97 Å². The topological polar surface area (TPSA) is 102 Å². The molecule has 2 aromatic rings. The van der Waals surface area contributed by atoms with E-state index in [0.29, 0.717) is 50.3 Å². The third-order valence-corrected chi connectivity index (χ3v) is 5.46. The fourth-order valence-electron chi connectivity index (χ4n) is 3.95. The van der Waals surface area contributed by atoms with Crippen LogP contribution < -0.4 is 10.6 Å². The van der Waals surface area contributed by atoms with Crippen LogP contribution in [0.5, 0.6) is 0 Å². The number of hydrogen-bond acceptors (Lipinski definition) is 6. The number of carbonyl (C=O) groups excluding carboxylic acids is 2. The molecular formula is C20H21F2N5O3. The van der Waals surface area contributed by atoms with Gasteiger partial charge in [0.15, 0.2) is 0 Å². The van der Waals surface area contributed by atoms with E-state index < -0.39 is 23.6 Å². The van der Waals surface area contributed by atoms with E-state index >= 15 is 0 Å². The van der Waals surface area contributed by atoms with Gasteiger partial charge in [0, 0.05) is 37.6 Å². The molecule has 2 amide bonds. The molecule has 10 heteroatoms. The molecule has 2 aliphatic rings. The van der Waals surface area contributed by atoms with Crippen molar-refractivity contribution in [1.82, 2.24) is 15.0 Å². The number of primary amides is 1. The van der Waals surface area contributed by atoms with E-state index in [9.17, 15) is 18.4 Å². The molecule has 0 bridgehead atoms. The first kappa shape index (κ1) is 20.1. The monoisotopic (exact) mass is 417 g/mol. The number of hydrogen-bond donors (Lipinski definition) is 1. The summed E-state index contributed by atoms with van der Waals surface area (Å²) in [6, 6.07) is 4.29. The maximum atomic E-state index is 13.6. The van der Waals surface area contributed by atoms with E-state index in [1.54, 1.807) is 0 Å². The number of anilines is 1. The van der Waals surface area contributed by atoms with Crippen molar-refractivity contribution in [2.45, 2.75) is 25.3 Å². The predicted molar refractivity (Wildman–Crippen MR) is 102 cm³/mol. The zero-order valence-electron chi connectivity index (χ0n) is 16.1. The van der Waals surface area contributed by atoms with Gasteiger partial charge in [-0.2, -0.15) is 0 Å². The quantitative estimate of drug-likeness (QED) is 0.816. The third kappa shape index (κ3) is 4.09. The minimum absolute atomic E-state index is 0.133. The standard InChI is InChI=1S/C20H21F2N5O3/c21-14-7-13(8-15(22)9-14)17-3-6-30-27(17)20(29)12-1-4-26(5-2-12)18-10-16(19(23)28)24-11-25-18/h7-12,17H,1-6H2,(H2,23,28). The Bertz CT molecular complexity index is 945. The van der Waals surface area contributed by atoms with Gasteiger partial charge in [0.2, 0.25) is 5.91 Å². The van der Waals surface area contributed by atoms with Crippen molar-refractivity contribution in [3.05, 3.63) is 53.5 Å². The van der Waals surface area contributed by atoms with Gasteiger partial charge in [-0.25, -0.2) is 23.8 Å². The highest BCUT2D eigenvalue weighted by Gasteiger charge is 2.37. The molecule has 158 valence electrons. The number of amides is 2. The van der Waals surface area contributed by atoms with E-state index in [1.165, 1.54) is 29.6 Å². The van der Waals surface area contributed by atoms with Crippen LogP contribution in [0.3, 0.4) is 0 Å². The Morgan fingerprint density at radius 2 is 1.73 bits per heavy atom. The molecule has 0 saturated carbocycles. The summed E-state index contributed by atoms with van der Waals surface area (Å²) >= 11 is 0. The first-order valence-corrected chi connectivity index (χ1v) is 9.71. The molecular weight excluding hydrogens is 396 g/mol. The highest BCUT2D eigenvalue weighted by Crippen LogP contribution is 2.34. The minimum atomic E-state index is -0.683. The first-order chi connectivity index (χ1) is 14.4. The summed E-state index contributed by atoms with van der Waals surface area (Å²) < 4.78 is 27.2. The van der Waals surface area contributed by atoms with Crippen molar-refractivity contribution in [3.63, 3.8) is 0 Å². The van der Waals surface area contributed by atoms with Gasteiger partial charge in [0.25, 0.3) is 5.91 Å². The molecule has 0 radical (unpaired) electrons. The van der Waals surface area contributed by atoms with E-state index in [4.69, 9.17) is 10.6 Å². The lowest BCUT2D eigenvalue weighted by Crippen LogP contribution is -2.42. The van der Waals surface area contributed by atoms with Gasteiger partial charge in [-0.05, 0) is 30.5 Å². The van der Waals surface area contributed by atoms with Crippen molar-refractivity contribution >= 4 is 17.6 Å². The summed E-state index contributed by atoms with van der Waals surface area (Å²) in [5.41, 5.74) is 5.78. The Hall–Kier alpha value is -3.14. The predicted octanol–water partition coefficient (Wildman–Crippen LogP) is 1.98. The van der Waals surface area contributed by atoms with Crippen molar-refractivity contribution in [1.29, 1.82) is 0 Å². The van der Waals surface area contributed by atoms with Gasteiger partial charge < -0.3 is 10.6 Å². The molecule has 8 nitrogen and oxygen atoms in total. The molecule has 1 aromatic heterocycles. The number of carbonyl (C=O) groups is 2. The molecule has 2 fully saturated rings. The summed E-state index contributed by atoms with van der Waals surface area (Å²) in [4.78, 5) is 39.9. The number of rotatable bonds is 4. The van der Waals surface area contributed by atoms with Crippen LogP contribution in [-0.2, 0) is 9.63 Å². The molecule has 4 rings (SSSR count). The highest BCUT2D eigenvalue weighted by atomic mass is 19.1. The van der Waals surface area contributed by atoms with Crippen LogP contribution >= 0.6 is 0 Å². The maximum Gasteiger partial charge on any atom is 0.267 e. The van der Waals surface area contributed by atoms with Crippen molar-refractivity contribution in [2.24, 2.45) is 11.7 Å². The first-order valence-electron chi connectivity index (χ1n) is 9.71. The SMILES string of the molecule is NC(=O)c1cc(N2CCC(C(=O)N3OCCC3c3cc(F)cc(F)c3)CC2)ncn1. The Kier molecular flexibility index (Phi) is 5.58. The molecule has 2 N–H and O–H groups in total. The summed E-state index contributed by atoms with van der Waals surface area (Å²) in [6.45, 7) is 1.42. The average molecular weight is 417 g/mol.